The van der Waals surface area contributed by atoms with E-state index in [-0.39, 0.29) is 5.91 Å². The van der Waals surface area contributed by atoms with Gasteiger partial charge < -0.3 is 9.64 Å². The number of esters is 1. The molecule has 0 saturated carbocycles. The Hall–Kier alpha value is -3.18. The second-order valence-electron chi connectivity index (χ2n) is 6.48. The van der Waals surface area contributed by atoms with Crippen molar-refractivity contribution < 1.29 is 14.3 Å². The number of anilines is 1. The number of rotatable bonds is 6. The van der Waals surface area contributed by atoms with Crippen LogP contribution in [0.5, 0.6) is 0 Å². The van der Waals surface area contributed by atoms with E-state index in [1.54, 1.807) is 60.6 Å². The van der Waals surface area contributed by atoms with Gasteiger partial charge in [-0.15, -0.1) is 0 Å². The van der Waals surface area contributed by atoms with Gasteiger partial charge in [0.1, 0.15) is 0 Å². The molecule has 1 amide bonds. The maximum Gasteiger partial charge on any atom is 0.338 e. The molecule has 0 N–H and O–H groups in total. The van der Waals surface area contributed by atoms with Crippen LogP contribution in [0.3, 0.4) is 0 Å². The molecule has 5 nitrogen and oxygen atoms in total. The molecule has 148 valence electrons. The largest absolute Gasteiger partial charge is 0.462 e. The fraction of sp³-hybridized carbons (Fsp3) is 0.174. The number of aryl methyl sites for hydroxylation is 1. The van der Waals surface area contributed by atoms with Crippen molar-refractivity contribution in [3.63, 3.8) is 0 Å². The predicted octanol–water partition coefficient (Wildman–Crippen LogP) is 5.07. The van der Waals surface area contributed by atoms with E-state index >= 15 is 0 Å². The lowest BCUT2D eigenvalue weighted by Gasteiger charge is -2.23. The van der Waals surface area contributed by atoms with E-state index in [4.69, 9.17) is 16.3 Å². The van der Waals surface area contributed by atoms with Gasteiger partial charge in [-0.2, -0.15) is 0 Å². The average Bonchev–Trinajstić information content (AvgIpc) is 2.74. The van der Waals surface area contributed by atoms with Gasteiger partial charge in [0.15, 0.2) is 0 Å². The number of hydrogen-bond acceptors (Lipinski definition) is 4. The Bertz CT molecular complexity index is 1000. The van der Waals surface area contributed by atoms with Crippen molar-refractivity contribution in [1.82, 2.24) is 4.98 Å². The van der Waals surface area contributed by atoms with Crippen molar-refractivity contribution in [2.45, 2.75) is 20.4 Å². The molecule has 0 saturated heterocycles. The number of carbonyl (C=O) groups is 2. The van der Waals surface area contributed by atoms with Crippen molar-refractivity contribution in [1.29, 1.82) is 0 Å². The van der Waals surface area contributed by atoms with Crippen molar-refractivity contribution in [2.24, 2.45) is 0 Å². The van der Waals surface area contributed by atoms with Crippen LogP contribution < -0.4 is 4.90 Å². The Morgan fingerprint density at radius 3 is 2.41 bits per heavy atom. The summed E-state index contributed by atoms with van der Waals surface area (Å²) in [5, 5.41) is 0.537. The van der Waals surface area contributed by atoms with Crippen LogP contribution in [0.2, 0.25) is 5.02 Å². The highest BCUT2D eigenvalue weighted by molar-refractivity contribution is 6.31. The average molecular weight is 409 g/mol. The molecule has 6 heteroatoms. The number of ether oxygens (including phenoxy) is 1. The molecule has 0 atom stereocenters. The molecule has 0 aliphatic rings. The number of nitrogens with zero attached hydrogens (tertiary/aromatic N) is 2. The molecular formula is C23H21ClN2O3. The van der Waals surface area contributed by atoms with Crippen LogP contribution in [0.4, 0.5) is 5.69 Å². The van der Waals surface area contributed by atoms with Gasteiger partial charge in [0.25, 0.3) is 5.91 Å². The molecule has 2 aromatic carbocycles. The third-order valence-electron chi connectivity index (χ3n) is 4.42. The molecule has 0 bridgehead atoms. The Morgan fingerprint density at radius 2 is 1.79 bits per heavy atom. The van der Waals surface area contributed by atoms with E-state index in [0.717, 1.165) is 11.1 Å². The fourth-order valence-corrected chi connectivity index (χ4v) is 3.01. The highest BCUT2D eigenvalue weighted by Crippen LogP contribution is 2.24. The van der Waals surface area contributed by atoms with Crippen molar-refractivity contribution in [2.75, 3.05) is 11.5 Å². The fourth-order valence-electron chi connectivity index (χ4n) is 2.83. The molecule has 29 heavy (non-hydrogen) atoms. The summed E-state index contributed by atoms with van der Waals surface area (Å²) < 4.78 is 5.02. The first kappa shape index (κ1) is 20.6. The van der Waals surface area contributed by atoms with Gasteiger partial charge in [0, 0.05) is 28.7 Å². The Morgan fingerprint density at radius 1 is 1.07 bits per heavy atom. The minimum absolute atomic E-state index is 0.195. The second-order valence-corrected chi connectivity index (χ2v) is 6.89. The minimum Gasteiger partial charge on any atom is -0.462 e. The topological polar surface area (TPSA) is 59.5 Å². The van der Waals surface area contributed by atoms with Gasteiger partial charge in [-0.05, 0) is 67.4 Å². The van der Waals surface area contributed by atoms with Gasteiger partial charge in [0.2, 0.25) is 0 Å². The number of benzene rings is 2. The van der Waals surface area contributed by atoms with Gasteiger partial charge in [-0.25, -0.2) is 4.79 Å². The lowest BCUT2D eigenvalue weighted by atomic mass is 10.1. The zero-order valence-corrected chi connectivity index (χ0v) is 17.0. The number of hydrogen-bond donors (Lipinski definition) is 0. The Labute approximate surface area is 174 Å². The number of pyridine rings is 1. The van der Waals surface area contributed by atoms with Gasteiger partial charge in [0.05, 0.1) is 18.7 Å². The maximum atomic E-state index is 13.3. The third kappa shape index (κ3) is 5.00. The zero-order chi connectivity index (χ0) is 20.8. The first-order valence-corrected chi connectivity index (χ1v) is 9.61. The number of amides is 1. The van der Waals surface area contributed by atoms with E-state index in [2.05, 4.69) is 4.98 Å². The molecule has 0 aliphatic carbocycles. The SMILES string of the molecule is CCOC(=O)c1ccc(N(Cc2cccnc2)C(=O)c2ccc(C)c(Cl)c2)cc1. The van der Waals surface area contributed by atoms with E-state index in [1.165, 1.54) is 0 Å². The molecule has 3 aromatic rings. The number of carbonyl (C=O) groups excluding carboxylic acids is 2. The van der Waals surface area contributed by atoms with Gasteiger partial charge >= 0.3 is 5.97 Å². The molecule has 0 fully saturated rings. The standard InChI is InChI=1S/C23H21ClN2O3/c1-3-29-23(28)18-8-10-20(11-9-18)26(15-17-5-4-12-25-14-17)22(27)19-7-6-16(2)21(24)13-19/h4-14H,3,15H2,1-2H3. The summed E-state index contributed by atoms with van der Waals surface area (Å²) in [4.78, 5) is 31.0. The smallest absolute Gasteiger partial charge is 0.338 e. The van der Waals surface area contributed by atoms with Crippen LogP contribution in [0.15, 0.2) is 67.0 Å². The molecule has 1 heterocycles. The predicted molar refractivity (Wildman–Crippen MR) is 113 cm³/mol. The number of halogens is 1. The van der Waals surface area contributed by atoms with E-state index in [9.17, 15) is 9.59 Å². The molecular weight excluding hydrogens is 388 g/mol. The maximum absolute atomic E-state index is 13.3. The number of aromatic nitrogens is 1. The van der Waals surface area contributed by atoms with Crippen LogP contribution in [0, 0.1) is 6.92 Å². The summed E-state index contributed by atoms with van der Waals surface area (Å²) in [6.45, 7) is 4.28. The molecule has 3 rings (SSSR count). The Balaban J connectivity index is 1.95. The molecule has 0 spiro atoms. The molecule has 0 radical (unpaired) electrons. The quantitative estimate of drug-likeness (QED) is 0.534. The molecule has 0 aliphatic heterocycles. The van der Waals surface area contributed by atoms with Gasteiger partial charge in [-0.3, -0.25) is 9.78 Å². The first-order chi connectivity index (χ1) is 14.0. The van der Waals surface area contributed by atoms with Crippen LogP contribution in [0.25, 0.3) is 0 Å². The summed E-state index contributed by atoms with van der Waals surface area (Å²) in [6.07, 6.45) is 3.40. The van der Waals surface area contributed by atoms with Crippen molar-refractivity contribution in [3.8, 4) is 0 Å². The first-order valence-electron chi connectivity index (χ1n) is 9.23. The highest BCUT2D eigenvalue weighted by atomic mass is 35.5. The van der Waals surface area contributed by atoms with Crippen LogP contribution in [-0.4, -0.2) is 23.5 Å². The van der Waals surface area contributed by atoms with Crippen molar-refractivity contribution in [3.05, 3.63) is 94.3 Å². The normalized spacial score (nSPS) is 10.4. The lowest BCUT2D eigenvalue weighted by molar-refractivity contribution is 0.0526. The van der Waals surface area contributed by atoms with E-state index in [1.807, 2.05) is 25.1 Å². The third-order valence-corrected chi connectivity index (χ3v) is 4.82. The zero-order valence-electron chi connectivity index (χ0n) is 16.3. The summed E-state index contributed by atoms with van der Waals surface area (Å²) >= 11 is 6.22. The Kier molecular flexibility index (Phi) is 6.62. The van der Waals surface area contributed by atoms with Crippen LogP contribution in [-0.2, 0) is 11.3 Å². The highest BCUT2D eigenvalue weighted by Gasteiger charge is 2.20. The van der Waals surface area contributed by atoms with E-state index < -0.39 is 5.97 Å². The molecule has 0 unspecified atom stereocenters. The summed E-state index contributed by atoms with van der Waals surface area (Å²) in [7, 11) is 0. The summed E-state index contributed by atoms with van der Waals surface area (Å²) in [6, 6.07) is 15.7. The second kappa shape index (κ2) is 9.34. The lowest BCUT2D eigenvalue weighted by Crippen LogP contribution is -2.30. The van der Waals surface area contributed by atoms with Crippen LogP contribution >= 0.6 is 11.6 Å². The van der Waals surface area contributed by atoms with Gasteiger partial charge in [-0.1, -0.05) is 23.7 Å². The summed E-state index contributed by atoms with van der Waals surface area (Å²) in [5.74, 6) is -0.589. The molecule has 1 aromatic heterocycles. The van der Waals surface area contributed by atoms with E-state index in [0.29, 0.717) is 35.0 Å². The summed E-state index contributed by atoms with van der Waals surface area (Å²) in [5.41, 5.74) is 3.36. The van der Waals surface area contributed by atoms with Crippen LogP contribution in [0.1, 0.15) is 38.8 Å². The van der Waals surface area contributed by atoms with Crippen molar-refractivity contribution >= 4 is 29.2 Å². The monoisotopic (exact) mass is 408 g/mol. The minimum atomic E-state index is -0.394.